The molecule has 1 N–H and O–H groups in total. The zero-order valence-corrected chi connectivity index (χ0v) is 10.8. The quantitative estimate of drug-likeness (QED) is 0.832. The van der Waals surface area contributed by atoms with Gasteiger partial charge in [0.2, 0.25) is 5.43 Å². The Morgan fingerprint density at radius 3 is 2.94 bits per heavy atom. The molecule has 2 rings (SSSR count). The lowest BCUT2D eigenvalue weighted by Crippen LogP contribution is -2.22. The Labute approximate surface area is 107 Å². The first-order chi connectivity index (χ1) is 8.58. The zero-order valence-electron chi connectivity index (χ0n) is 9.97. The molecule has 96 valence electrons. The Morgan fingerprint density at radius 2 is 2.39 bits per heavy atom. The van der Waals surface area contributed by atoms with Crippen molar-refractivity contribution in [2.24, 2.45) is 5.16 Å². The summed E-state index contributed by atoms with van der Waals surface area (Å²) in [6, 6.07) is 0. The van der Waals surface area contributed by atoms with Crippen molar-refractivity contribution in [2.75, 3.05) is 7.11 Å². The third-order valence-corrected chi connectivity index (χ3v) is 3.76. The lowest BCUT2D eigenvalue weighted by molar-refractivity contribution is 0.0694. The lowest BCUT2D eigenvalue weighted by Gasteiger charge is -2.09. The van der Waals surface area contributed by atoms with Crippen LogP contribution in [0.1, 0.15) is 22.8 Å². The van der Waals surface area contributed by atoms with Crippen LogP contribution in [-0.4, -0.2) is 27.8 Å². The summed E-state index contributed by atoms with van der Waals surface area (Å²) in [5.74, 6) is -1.20. The van der Waals surface area contributed by atoms with E-state index in [4.69, 9.17) is 5.11 Å². The maximum Gasteiger partial charge on any atom is 0.341 e. The van der Waals surface area contributed by atoms with E-state index in [1.807, 2.05) is 6.92 Å². The van der Waals surface area contributed by atoms with Gasteiger partial charge in [0.05, 0.1) is 5.03 Å². The number of aromatic nitrogens is 1. The molecular formula is C11H12N2O4S. The van der Waals surface area contributed by atoms with E-state index in [2.05, 4.69) is 9.99 Å². The van der Waals surface area contributed by atoms with Gasteiger partial charge in [-0.05, 0) is 6.92 Å². The molecule has 0 bridgehead atoms. The van der Waals surface area contributed by atoms with Gasteiger partial charge in [-0.3, -0.25) is 4.79 Å². The second-order valence-corrected chi connectivity index (χ2v) is 4.76. The maximum absolute atomic E-state index is 12.0. The van der Waals surface area contributed by atoms with Gasteiger partial charge >= 0.3 is 5.97 Å². The topological polar surface area (TPSA) is 80.9 Å². The SMILES string of the molecule is CCn1cc(C(=O)O)c(=O)c2c1S/C(=N/OC)C2. The largest absolute Gasteiger partial charge is 0.477 e. The van der Waals surface area contributed by atoms with Crippen LogP contribution in [0.3, 0.4) is 0 Å². The van der Waals surface area contributed by atoms with Crippen molar-refractivity contribution in [3.05, 3.63) is 27.5 Å². The molecule has 0 atom stereocenters. The predicted molar refractivity (Wildman–Crippen MR) is 67.3 cm³/mol. The molecule has 0 aromatic carbocycles. The normalized spacial score (nSPS) is 15.8. The van der Waals surface area contributed by atoms with Crippen LogP contribution in [0.4, 0.5) is 0 Å². The molecule has 1 aliphatic rings. The van der Waals surface area contributed by atoms with Crippen LogP contribution in [0.5, 0.6) is 0 Å². The summed E-state index contributed by atoms with van der Waals surface area (Å²) in [4.78, 5) is 27.7. The maximum atomic E-state index is 12.0. The van der Waals surface area contributed by atoms with Gasteiger partial charge < -0.3 is 14.5 Å². The monoisotopic (exact) mass is 268 g/mol. The number of aromatic carboxylic acids is 1. The summed E-state index contributed by atoms with van der Waals surface area (Å²) in [6.45, 7) is 2.48. The Hall–Kier alpha value is -1.76. The minimum Gasteiger partial charge on any atom is -0.477 e. The summed E-state index contributed by atoms with van der Waals surface area (Å²) in [5.41, 5.74) is -0.150. The van der Waals surface area contributed by atoms with Crippen LogP contribution in [0.2, 0.25) is 0 Å². The molecule has 18 heavy (non-hydrogen) atoms. The highest BCUT2D eigenvalue weighted by molar-refractivity contribution is 8.14. The number of nitrogens with zero attached hydrogens (tertiary/aromatic N) is 2. The summed E-state index contributed by atoms with van der Waals surface area (Å²) < 4.78 is 1.75. The first-order valence-corrected chi connectivity index (χ1v) is 6.17. The fourth-order valence-electron chi connectivity index (χ4n) is 1.82. The second-order valence-electron chi connectivity index (χ2n) is 3.69. The van der Waals surface area contributed by atoms with Crippen molar-refractivity contribution in [2.45, 2.75) is 24.9 Å². The Kier molecular flexibility index (Phi) is 3.42. The van der Waals surface area contributed by atoms with E-state index in [-0.39, 0.29) is 5.56 Å². The van der Waals surface area contributed by atoms with Gasteiger partial charge in [-0.25, -0.2) is 4.79 Å². The van der Waals surface area contributed by atoms with Crippen molar-refractivity contribution in [1.29, 1.82) is 0 Å². The first kappa shape index (κ1) is 12.7. The Bertz CT molecular complexity index is 591. The molecular weight excluding hydrogens is 256 g/mol. The van der Waals surface area contributed by atoms with Gasteiger partial charge in [0.25, 0.3) is 0 Å². The molecule has 0 radical (unpaired) electrons. The highest BCUT2D eigenvalue weighted by Crippen LogP contribution is 2.32. The van der Waals surface area contributed by atoms with E-state index in [1.54, 1.807) is 4.57 Å². The van der Waals surface area contributed by atoms with Crippen LogP contribution < -0.4 is 5.43 Å². The van der Waals surface area contributed by atoms with Gasteiger partial charge in [-0.1, -0.05) is 16.9 Å². The van der Waals surface area contributed by atoms with E-state index >= 15 is 0 Å². The molecule has 1 aliphatic heterocycles. The van der Waals surface area contributed by atoms with Crippen LogP contribution in [0.15, 0.2) is 21.2 Å². The molecule has 0 spiro atoms. The first-order valence-electron chi connectivity index (χ1n) is 5.36. The number of carbonyl (C=O) groups is 1. The second kappa shape index (κ2) is 4.85. The number of rotatable bonds is 3. The zero-order chi connectivity index (χ0) is 13.3. The number of thioether (sulfide) groups is 1. The number of oxime groups is 1. The fraction of sp³-hybridized carbons (Fsp3) is 0.364. The van der Waals surface area contributed by atoms with E-state index < -0.39 is 11.4 Å². The molecule has 7 heteroatoms. The minimum absolute atomic E-state index is 0.199. The van der Waals surface area contributed by atoms with E-state index in [9.17, 15) is 9.59 Å². The van der Waals surface area contributed by atoms with Crippen molar-refractivity contribution < 1.29 is 14.7 Å². The van der Waals surface area contributed by atoms with Crippen LogP contribution in [0, 0.1) is 0 Å². The van der Waals surface area contributed by atoms with Crippen molar-refractivity contribution in [1.82, 2.24) is 4.57 Å². The third kappa shape index (κ3) is 2.01. The summed E-state index contributed by atoms with van der Waals surface area (Å²) >= 11 is 1.34. The van der Waals surface area contributed by atoms with Crippen molar-refractivity contribution in [3.63, 3.8) is 0 Å². The highest BCUT2D eigenvalue weighted by atomic mass is 32.2. The van der Waals surface area contributed by atoms with Gasteiger partial charge in [0.1, 0.15) is 17.7 Å². The fourth-order valence-corrected chi connectivity index (χ4v) is 2.96. The number of carboxylic acid groups (broad SMARTS) is 1. The van der Waals surface area contributed by atoms with Crippen molar-refractivity contribution >= 4 is 22.8 Å². The van der Waals surface area contributed by atoms with E-state index in [0.717, 1.165) is 5.03 Å². The molecule has 6 nitrogen and oxygen atoms in total. The molecule has 1 aromatic heterocycles. The van der Waals surface area contributed by atoms with Gasteiger partial charge in [0.15, 0.2) is 0 Å². The third-order valence-electron chi connectivity index (χ3n) is 2.63. The molecule has 0 fully saturated rings. The molecule has 1 aromatic rings. The van der Waals surface area contributed by atoms with Crippen molar-refractivity contribution in [3.8, 4) is 0 Å². The molecule has 0 unspecified atom stereocenters. The number of aryl methyl sites for hydroxylation is 1. The van der Waals surface area contributed by atoms with E-state index in [0.29, 0.717) is 23.6 Å². The van der Waals surface area contributed by atoms with E-state index in [1.165, 1.54) is 25.1 Å². The smallest absolute Gasteiger partial charge is 0.341 e. The van der Waals surface area contributed by atoms with Crippen LogP contribution >= 0.6 is 11.8 Å². The van der Waals surface area contributed by atoms with Crippen LogP contribution in [0.25, 0.3) is 0 Å². The summed E-state index contributed by atoms with van der Waals surface area (Å²) in [6.07, 6.45) is 1.71. The Morgan fingerprint density at radius 1 is 1.67 bits per heavy atom. The van der Waals surface area contributed by atoms with Gasteiger partial charge in [-0.15, -0.1) is 0 Å². The number of fused-ring (bicyclic) bond motifs is 1. The highest BCUT2D eigenvalue weighted by Gasteiger charge is 2.27. The summed E-state index contributed by atoms with van der Waals surface area (Å²) in [5, 5.41) is 14.2. The number of pyridine rings is 1. The molecule has 0 saturated carbocycles. The molecule has 2 heterocycles. The summed E-state index contributed by atoms with van der Waals surface area (Å²) in [7, 11) is 1.44. The Balaban J connectivity index is 2.61. The predicted octanol–water partition coefficient (Wildman–Crippen LogP) is 1.17. The van der Waals surface area contributed by atoms with Gasteiger partial charge in [0, 0.05) is 24.7 Å². The number of carboxylic acids is 1. The van der Waals surface area contributed by atoms with Gasteiger partial charge in [-0.2, -0.15) is 0 Å². The molecule has 0 saturated heterocycles. The minimum atomic E-state index is -1.20. The van der Waals surface area contributed by atoms with Crippen LogP contribution in [-0.2, 0) is 17.8 Å². The molecule has 0 amide bonds. The number of hydrogen-bond acceptors (Lipinski definition) is 5. The average molecular weight is 268 g/mol. The molecule has 0 aliphatic carbocycles. The standard InChI is InChI=1S/C11H12N2O4S/c1-3-13-5-7(11(15)16)9(14)6-4-8(12-17-2)18-10(6)13/h5H,3-4H2,1-2H3,(H,15,16)/b12-8+. The number of hydrogen-bond donors (Lipinski definition) is 1. The lowest BCUT2D eigenvalue weighted by atomic mass is 10.1. The average Bonchev–Trinajstić information content (AvgIpc) is 2.74.